The average Bonchev–Trinajstić information content (AvgIpc) is 2.34. The topological polar surface area (TPSA) is 96.6 Å². The van der Waals surface area contributed by atoms with E-state index in [0.29, 0.717) is 11.6 Å². The highest BCUT2D eigenvalue weighted by Crippen LogP contribution is 2.14. The van der Waals surface area contributed by atoms with E-state index in [4.69, 9.17) is 17.3 Å². The van der Waals surface area contributed by atoms with Crippen LogP contribution in [0.5, 0.6) is 0 Å². The van der Waals surface area contributed by atoms with Crippen molar-refractivity contribution in [3.8, 4) is 0 Å². The second-order valence-electron chi connectivity index (χ2n) is 3.39. The van der Waals surface area contributed by atoms with Gasteiger partial charge in [0.1, 0.15) is 0 Å². The molecule has 0 radical (unpaired) electrons. The number of nitrogens with two attached hydrogens (primary N) is 1. The molecule has 9 heteroatoms. The van der Waals surface area contributed by atoms with Crippen LogP contribution in [0.2, 0.25) is 5.02 Å². The molecule has 0 fully saturated rings. The van der Waals surface area contributed by atoms with Gasteiger partial charge in [0.15, 0.2) is 5.96 Å². The predicted octanol–water partition coefficient (Wildman–Crippen LogP) is 0.770. The molecule has 4 N–H and O–H groups in total. The van der Waals surface area contributed by atoms with Gasteiger partial charge < -0.3 is 11.1 Å². The number of hydrogen-bond donors (Lipinski definition) is 3. The SMILES string of the molecule is CN=C(N)NCCNS(=O)(=O)c1cccc(Cl)c1.I. The Balaban J connectivity index is 0.00000324. The van der Waals surface area contributed by atoms with Crippen LogP contribution in [0, 0.1) is 0 Å². The smallest absolute Gasteiger partial charge is 0.240 e. The van der Waals surface area contributed by atoms with Gasteiger partial charge in [-0.2, -0.15) is 0 Å². The van der Waals surface area contributed by atoms with Gasteiger partial charge in [-0.05, 0) is 18.2 Å². The predicted molar refractivity (Wildman–Crippen MR) is 87.6 cm³/mol. The van der Waals surface area contributed by atoms with Crippen LogP contribution in [0.4, 0.5) is 0 Å². The molecular formula is C10H16ClIN4O2S. The molecule has 0 aliphatic rings. The lowest BCUT2D eigenvalue weighted by Gasteiger charge is -2.08. The molecule has 1 aromatic rings. The van der Waals surface area contributed by atoms with Crippen molar-refractivity contribution < 1.29 is 8.42 Å². The number of sulfonamides is 1. The molecule has 0 bridgehead atoms. The Hall–Kier alpha value is -0.580. The average molecular weight is 419 g/mol. The first kappa shape index (κ1) is 18.4. The van der Waals surface area contributed by atoms with Gasteiger partial charge in [-0.1, -0.05) is 17.7 Å². The Labute approximate surface area is 134 Å². The third kappa shape index (κ3) is 6.41. The zero-order valence-corrected chi connectivity index (χ0v) is 14.2. The number of guanidine groups is 1. The van der Waals surface area contributed by atoms with E-state index < -0.39 is 10.0 Å². The summed E-state index contributed by atoms with van der Waals surface area (Å²) in [5.74, 6) is 0.261. The molecule has 1 rings (SSSR count). The highest BCUT2D eigenvalue weighted by Gasteiger charge is 2.13. The van der Waals surface area contributed by atoms with Crippen LogP contribution in [0.1, 0.15) is 0 Å². The molecule has 0 unspecified atom stereocenters. The van der Waals surface area contributed by atoms with Crippen LogP contribution >= 0.6 is 35.6 Å². The Kier molecular flexibility index (Phi) is 8.30. The molecule has 0 atom stereocenters. The summed E-state index contributed by atoms with van der Waals surface area (Å²) < 4.78 is 26.1. The van der Waals surface area contributed by atoms with Gasteiger partial charge >= 0.3 is 0 Å². The standard InChI is InChI=1S/C10H15ClN4O2S.HI/c1-13-10(12)14-5-6-15-18(16,17)9-4-2-3-8(11)7-9;/h2-4,7,15H,5-6H2,1H3,(H3,12,13,14);1H. The minimum atomic E-state index is -3.54. The van der Waals surface area contributed by atoms with Crippen molar-refractivity contribution in [3.05, 3.63) is 29.3 Å². The lowest BCUT2D eigenvalue weighted by Crippen LogP contribution is -2.38. The molecule has 0 heterocycles. The zero-order valence-electron chi connectivity index (χ0n) is 10.3. The summed E-state index contributed by atoms with van der Waals surface area (Å²) in [6, 6.07) is 6.06. The Morgan fingerprint density at radius 1 is 1.42 bits per heavy atom. The van der Waals surface area contributed by atoms with Crippen LogP contribution in [0.25, 0.3) is 0 Å². The Morgan fingerprint density at radius 2 is 2.11 bits per heavy atom. The minimum absolute atomic E-state index is 0. The van der Waals surface area contributed by atoms with Gasteiger partial charge in [-0.25, -0.2) is 13.1 Å². The Morgan fingerprint density at radius 3 is 2.68 bits per heavy atom. The molecule has 108 valence electrons. The van der Waals surface area contributed by atoms with E-state index in [1.807, 2.05) is 0 Å². The van der Waals surface area contributed by atoms with Crippen LogP contribution in [0.3, 0.4) is 0 Å². The van der Waals surface area contributed by atoms with Crippen molar-refractivity contribution in [2.45, 2.75) is 4.90 Å². The van der Waals surface area contributed by atoms with E-state index in [0.717, 1.165) is 0 Å². The van der Waals surface area contributed by atoms with Crippen LogP contribution in [0.15, 0.2) is 34.2 Å². The molecular weight excluding hydrogens is 403 g/mol. The number of nitrogens with one attached hydrogen (secondary N) is 2. The lowest BCUT2D eigenvalue weighted by molar-refractivity contribution is 0.581. The number of benzene rings is 1. The molecule has 0 aromatic heterocycles. The minimum Gasteiger partial charge on any atom is -0.370 e. The summed E-state index contributed by atoms with van der Waals surface area (Å²) in [6.07, 6.45) is 0. The van der Waals surface area contributed by atoms with Crippen LogP contribution in [-0.4, -0.2) is 34.5 Å². The van der Waals surface area contributed by atoms with Gasteiger partial charge in [0.25, 0.3) is 0 Å². The Bertz CT molecular complexity index is 536. The number of hydrogen-bond acceptors (Lipinski definition) is 3. The molecule has 6 nitrogen and oxygen atoms in total. The highest BCUT2D eigenvalue weighted by atomic mass is 127. The van der Waals surface area contributed by atoms with Crippen molar-refractivity contribution in [3.63, 3.8) is 0 Å². The third-order valence-electron chi connectivity index (χ3n) is 2.07. The summed E-state index contributed by atoms with van der Waals surface area (Å²) in [7, 11) is -2.00. The number of aliphatic imine (C=N–C) groups is 1. The molecule has 0 aliphatic carbocycles. The molecule has 1 aromatic carbocycles. The molecule has 19 heavy (non-hydrogen) atoms. The summed E-state index contributed by atoms with van der Waals surface area (Å²) in [6.45, 7) is 0.550. The third-order valence-corrected chi connectivity index (χ3v) is 3.76. The largest absolute Gasteiger partial charge is 0.370 e. The van der Waals surface area contributed by atoms with Gasteiger partial charge in [0.05, 0.1) is 4.90 Å². The zero-order chi connectivity index (χ0) is 13.6. The van der Waals surface area contributed by atoms with E-state index in [-0.39, 0.29) is 41.4 Å². The molecule has 0 saturated carbocycles. The maximum Gasteiger partial charge on any atom is 0.240 e. The van der Waals surface area contributed by atoms with E-state index in [1.54, 1.807) is 19.2 Å². The molecule has 0 spiro atoms. The molecule has 0 saturated heterocycles. The van der Waals surface area contributed by atoms with E-state index in [2.05, 4.69) is 15.0 Å². The van der Waals surface area contributed by atoms with Gasteiger partial charge in [-0.3, -0.25) is 4.99 Å². The first-order chi connectivity index (χ1) is 8.45. The quantitative estimate of drug-likeness (QED) is 0.285. The van der Waals surface area contributed by atoms with Crippen molar-refractivity contribution in [2.75, 3.05) is 20.1 Å². The summed E-state index contributed by atoms with van der Waals surface area (Å²) in [4.78, 5) is 3.81. The maximum absolute atomic E-state index is 11.8. The first-order valence-electron chi connectivity index (χ1n) is 5.17. The van der Waals surface area contributed by atoms with Crippen molar-refractivity contribution >= 4 is 51.6 Å². The van der Waals surface area contributed by atoms with Crippen molar-refractivity contribution in [1.29, 1.82) is 0 Å². The number of rotatable bonds is 5. The number of halogens is 2. The van der Waals surface area contributed by atoms with E-state index in [9.17, 15) is 8.42 Å². The van der Waals surface area contributed by atoms with Gasteiger partial charge in [0, 0.05) is 25.2 Å². The van der Waals surface area contributed by atoms with Crippen molar-refractivity contribution in [2.24, 2.45) is 10.7 Å². The fourth-order valence-corrected chi connectivity index (χ4v) is 2.50. The highest BCUT2D eigenvalue weighted by molar-refractivity contribution is 14.0. The van der Waals surface area contributed by atoms with Crippen LogP contribution in [-0.2, 0) is 10.0 Å². The normalized spacial score (nSPS) is 11.8. The second kappa shape index (κ2) is 8.56. The first-order valence-corrected chi connectivity index (χ1v) is 7.03. The fourth-order valence-electron chi connectivity index (χ4n) is 1.17. The lowest BCUT2D eigenvalue weighted by atomic mass is 10.4. The van der Waals surface area contributed by atoms with Crippen LogP contribution < -0.4 is 15.8 Å². The fraction of sp³-hybridized carbons (Fsp3) is 0.300. The summed E-state index contributed by atoms with van der Waals surface area (Å²) >= 11 is 5.74. The monoisotopic (exact) mass is 418 g/mol. The number of nitrogens with zero attached hydrogens (tertiary/aromatic N) is 1. The van der Waals surface area contributed by atoms with Gasteiger partial charge in [0.2, 0.25) is 10.0 Å². The summed E-state index contributed by atoms with van der Waals surface area (Å²) in [5.41, 5.74) is 5.40. The van der Waals surface area contributed by atoms with E-state index in [1.165, 1.54) is 12.1 Å². The molecule has 0 amide bonds. The molecule has 0 aliphatic heterocycles. The van der Waals surface area contributed by atoms with Gasteiger partial charge in [-0.15, -0.1) is 24.0 Å². The summed E-state index contributed by atoms with van der Waals surface area (Å²) in [5, 5.41) is 3.12. The maximum atomic E-state index is 11.8. The second-order valence-corrected chi connectivity index (χ2v) is 5.59. The van der Waals surface area contributed by atoms with Crippen molar-refractivity contribution in [1.82, 2.24) is 10.0 Å². The van der Waals surface area contributed by atoms with E-state index >= 15 is 0 Å².